The fourth-order valence-electron chi connectivity index (χ4n) is 1.03. The average Bonchev–Trinajstić information content (AvgIpc) is 2.00. The number of amides is 1. The van der Waals surface area contributed by atoms with Gasteiger partial charge in [0.2, 0.25) is 5.91 Å². The summed E-state index contributed by atoms with van der Waals surface area (Å²) in [6, 6.07) is 0. The van der Waals surface area contributed by atoms with Gasteiger partial charge in [-0.1, -0.05) is 6.92 Å². The van der Waals surface area contributed by atoms with Gasteiger partial charge in [-0.25, -0.2) is 0 Å². The van der Waals surface area contributed by atoms with Crippen LogP contribution in [0.4, 0.5) is 0 Å². The molecule has 0 aliphatic carbocycles. The third-order valence-corrected chi connectivity index (χ3v) is 1.97. The summed E-state index contributed by atoms with van der Waals surface area (Å²) in [5.74, 6) is -0.0787. The lowest BCUT2D eigenvalue weighted by Crippen LogP contribution is -2.54. The topological polar surface area (TPSA) is 60.8 Å². The minimum absolute atomic E-state index is 0.0787. The van der Waals surface area contributed by atoms with Crippen LogP contribution in [0.1, 0.15) is 19.8 Å². The van der Waals surface area contributed by atoms with Gasteiger partial charge in [0.05, 0.1) is 6.10 Å². The second-order valence-corrected chi connectivity index (χ2v) is 2.73. The molecule has 2 unspecified atom stereocenters. The van der Waals surface area contributed by atoms with Crippen LogP contribution < -0.4 is 0 Å². The van der Waals surface area contributed by atoms with Crippen LogP contribution in [0.15, 0.2) is 0 Å². The molecule has 4 nitrogen and oxygen atoms in total. The number of hydrogen-bond donors (Lipinski definition) is 2. The molecule has 0 aromatic heterocycles. The Morgan fingerprint density at radius 1 is 1.64 bits per heavy atom. The molecule has 1 aliphatic heterocycles. The Bertz CT molecular complexity index is 160. The van der Waals surface area contributed by atoms with Gasteiger partial charge in [0.1, 0.15) is 0 Å². The van der Waals surface area contributed by atoms with E-state index in [1.807, 2.05) is 0 Å². The molecule has 2 N–H and O–H groups in total. The lowest BCUT2D eigenvalue weighted by molar-refractivity contribution is -0.164. The molecule has 0 bridgehead atoms. The highest BCUT2D eigenvalue weighted by molar-refractivity contribution is 5.81. The first-order chi connectivity index (χ1) is 5.16. The molecular weight excluding hydrogens is 146 g/mol. The third-order valence-electron chi connectivity index (χ3n) is 1.97. The standard InChI is InChI=1S/C7H13NO3/c1-2-5(9)7(11)8-4-3-6(8)10/h5,7,9,11H,2-4H2,1H3. The van der Waals surface area contributed by atoms with Crippen LogP contribution in [0.3, 0.4) is 0 Å². The molecule has 2 atom stereocenters. The molecule has 0 saturated carbocycles. The van der Waals surface area contributed by atoms with Crippen molar-refractivity contribution in [3.63, 3.8) is 0 Å². The predicted molar refractivity (Wildman–Crippen MR) is 38.6 cm³/mol. The Labute approximate surface area is 65.4 Å². The summed E-state index contributed by atoms with van der Waals surface area (Å²) in [5.41, 5.74) is 0. The Hall–Kier alpha value is -0.610. The van der Waals surface area contributed by atoms with Crippen molar-refractivity contribution in [2.45, 2.75) is 32.1 Å². The van der Waals surface area contributed by atoms with Crippen molar-refractivity contribution in [1.82, 2.24) is 4.90 Å². The maximum atomic E-state index is 10.7. The van der Waals surface area contributed by atoms with E-state index in [1.54, 1.807) is 6.92 Å². The molecule has 0 aromatic rings. The SMILES string of the molecule is CCC(O)C(O)N1CCC1=O. The van der Waals surface area contributed by atoms with Crippen LogP contribution in [-0.4, -0.2) is 39.9 Å². The first-order valence-electron chi connectivity index (χ1n) is 3.82. The molecule has 4 heteroatoms. The minimum Gasteiger partial charge on any atom is -0.388 e. The average molecular weight is 159 g/mol. The number of carbonyl (C=O) groups excluding carboxylic acids is 1. The molecule has 0 radical (unpaired) electrons. The van der Waals surface area contributed by atoms with Crippen molar-refractivity contribution in [1.29, 1.82) is 0 Å². The largest absolute Gasteiger partial charge is 0.388 e. The van der Waals surface area contributed by atoms with Gasteiger partial charge in [0, 0.05) is 13.0 Å². The Morgan fingerprint density at radius 2 is 2.27 bits per heavy atom. The molecule has 1 amide bonds. The fraction of sp³-hybridized carbons (Fsp3) is 0.857. The van der Waals surface area contributed by atoms with Crippen LogP contribution in [0, 0.1) is 0 Å². The quantitative estimate of drug-likeness (QED) is 0.536. The van der Waals surface area contributed by atoms with E-state index in [0.29, 0.717) is 19.4 Å². The van der Waals surface area contributed by atoms with Crippen molar-refractivity contribution < 1.29 is 15.0 Å². The molecule has 1 aliphatic rings. The molecule has 1 fully saturated rings. The summed E-state index contributed by atoms with van der Waals surface area (Å²) in [4.78, 5) is 12.0. The highest BCUT2D eigenvalue weighted by Gasteiger charge is 2.32. The van der Waals surface area contributed by atoms with Crippen LogP contribution in [-0.2, 0) is 4.79 Å². The van der Waals surface area contributed by atoms with Gasteiger partial charge < -0.3 is 15.1 Å². The van der Waals surface area contributed by atoms with E-state index in [1.165, 1.54) is 4.90 Å². The molecule has 1 rings (SSSR count). The lowest BCUT2D eigenvalue weighted by Gasteiger charge is -2.36. The summed E-state index contributed by atoms with van der Waals surface area (Å²) in [6.07, 6.45) is -0.848. The number of aliphatic hydroxyl groups is 2. The predicted octanol–water partition coefficient (Wildman–Crippen LogP) is -0.692. The monoisotopic (exact) mass is 159 g/mol. The number of carbonyl (C=O) groups is 1. The van der Waals surface area contributed by atoms with E-state index in [9.17, 15) is 9.90 Å². The van der Waals surface area contributed by atoms with E-state index in [2.05, 4.69) is 0 Å². The normalized spacial score (nSPS) is 22.8. The van der Waals surface area contributed by atoms with Crippen LogP contribution in [0.2, 0.25) is 0 Å². The van der Waals surface area contributed by atoms with Gasteiger partial charge >= 0.3 is 0 Å². The minimum atomic E-state index is -0.999. The third kappa shape index (κ3) is 1.52. The molecule has 11 heavy (non-hydrogen) atoms. The molecule has 0 aromatic carbocycles. The number of likely N-dealkylation sites (tertiary alicyclic amines) is 1. The molecular formula is C7H13NO3. The summed E-state index contributed by atoms with van der Waals surface area (Å²) in [7, 11) is 0. The van der Waals surface area contributed by atoms with Gasteiger partial charge in [-0.15, -0.1) is 0 Å². The van der Waals surface area contributed by atoms with Gasteiger partial charge in [-0.05, 0) is 6.42 Å². The summed E-state index contributed by atoms with van der Waals surface area (Å²) in [5, 5.41) is 18.4. The van der Waals surface area contributed by atoms with E-state index in [4.69, 9.17) is 5.11 Å². The van der Waals surface area contributed by atoms with E-state index in [-0.39, 0.29) is 5.91 Å². The maximum absolute atomic E-state index is 10.7. The Kier molecular flexibility index (Phi) is 2.46. The zero-order valence-corrected chi connectivity index (χ0v) is 6.53. The van der Waals surface area contributed by atoms with Crippen molar-refractivity contribution in [3.8, 4) is 0 Å². The second-order valence-electron chi connectivity index (χ2n) is 2.73. The zero-order valence-electron chi connectivity index (χ0n) is 6.53. The maximum Gasteiger partial charge on any atom is 0.226 e. The van der Waals surface area contributed by atoms with E-state index >= 15 is 0 Å². The lowest BCUT2D eigenvalue weighted by atomic mass is 10.1. The van der Waals surface area contributed by atoms with Gasteiger partial charge in [-0.2, -0.15) is 0 Å². The number of hydrogen-bond acceptors (Lipinski definition) is 3. The Morgan fingerprint density at radius 3 is 2.55 bits per heavy atom. The second kappa shape index (κ2) is 3.19. The van der Waals surface area contributed by atoms with Crippen LogP contribution >= 0.6 is 0 Å². The van der Waals surface area contributed by atoms with Gasteiger partial charge in [-0.3, -0.25) is 4.79 Å². The molecule has 0 spiro atoms. The van der Waals surface area contributed by atoms with Gasteiger partial charge in [0.15, 0.2) is 6.23 Å². The van der Waals surface area contributed by atoms with E-state index < -0.39 is 12.3 Å². The number of β-lactam (4-membered cyclic amide) rings is 1. The van der Waals surface area contributed by atoms with E-state index in [0.717, 1.165) is 0 Å². The molecule has 64 valence electrons. The van der Waals surface area contributed by atoms with Crippen molar-refractivity contribution in [2.24, 2.45) is 0 Å². The van der Waals surface area contributed by atoms with Crippen LogP contribution in [0.5, 0.6) is 0 Å². The summed E-state index contributed by atoms with van der Waals surface area (Å²) >= 11 is 0. The molecule has 1 saturated heterocycles. The highest BCUT2D eigenvalue weighted by Crippen LogP contribution is 2.14. The van der Waals surface area contributed by atoms with Gasteiger partial charge in [0.25, 0.3) is 0 Å². The number of aliphatic hydroxyl groups excluding tert-OH is 2. The first-order valence-corrected chi connectivity index (χ1v) is 3.82. The van der Waals surface area contributed by atoms with Crippen molar-refractivity contribution in [3.05, 3.63) is 0 Å². The number of nitrogens with zero attached hydrogens (tertiary/aromatic N) is 1. The molecule has 1 heterocycles. The number of rotatable bonds is 3. The zero-order chi connectivity index (χ0) is 8.43. The smallest absolute Gasteiger partial charge is 0.226 e. The Balaban J connectivity index is 2.40. The summed E-state index contributed by atoms with van der Waals surface area (Å²) < 4.78 is 0. The van der Waals surface area contributed by atoms with Crippen molar-refractivity contribution in [2.75, 3.05) is 6.54 Å². The first kappa shape index (κ1) is 8.49. The fourth-order valence-corrected chi connectivity index (χ4v) is 1.03. The van der Waals surface area contributed by atoms with Crippen LogP contribution in [0.25, 0.3) is 0 Å². The summed E-state index contributed by atoms with van der Waals surface area (Å²) in [6.45, 7) is 2.33. The highest BCUT2D eigenvalue weighted by atomic mass is 16.3. The van der Waals surface area contributed by atoms with Crippen molar-refractivity contribution >= 4 is 5.91 Å².